The van der Waals surface area contributed by atoms with Crippen LogP contribution in [-0.2, 0) is 10.0 Å². The number of nitrogens with zero attached hydrogens (tertiary/aromatic N) is 1. The van der Waals surface area contributed by atoms with Gasteiger partial charge in [-0.05, 0) is 50.2 Å². The van der Waals surface area contributed by atoms with Gasteiger partial charge in [-0.3, -0.25) is 0 Å². The smallest absolute Gasteiger partial charge is 0.200 e. The zero-order chi connectivity index (χ0) is 15.3. The van der Waals surface area contributed by atoms with Crippen LogP contribution in [0, 0.1) is 24.2 Å². The third-order valence-corrected chi connectivity index (χ3v) is 6.34. The molecule has 0 spiro atoms. The van der Waals surface area contributed by atoms with E-state index in [0.29, 0.717) is 11.8 Å². The minimum absolute atomic E-state index is 0.0126. The van der Waals surface area contributed by atoms with Crippen molar-refractivity contribution in [3.63, 3.8) is 0 Å². The van der Waals surface area contributed by atoms with Crippen molar-refractivity contribution in [3.05, 3.63) is 29.8 Å². The van der Waals surface area contributed by atoms with Crippen molar-refractivity contribution in [1.29, 1.82) is 0 Å². The molecule has 21 heavy (non-hydrogen) atoms. The molecule has 1 aromatic rings. The lowest BCUT2D eigenvalue weighted by molar-refractivity contribution is 0.333. The third-order valence-electron chi connectivity index (χ3n) is 5.12. The molecule has 4 nitrogen and oxygen atoms in total. The van der Waals surface area contributed by atoms with Crippen molar-refractivity contribution >= 4 is 15.7 Å². The first-order valence-corrected chi connectivity index (χ1v) is 8.95. The summed E-state index contributed by atoms with van der Waals surface area (Å²) < 4.78 is 24.6. The van der Waals surface area contributed by atoms with Crippen LogP contribution in [0.3, 0.4) is 0 Å². The Labute approximate surface area is 126 Å². The van der Waals surface area contributed by atoms with E-state index in [2.05, 4.69) is 23.8 Å². The van der Waals surface area contributed by atoms with Crippen LogP contribution in [0.2, 0.25) is 0 Å². The van der Waals surface area contributed by atoms with Crippen molar-refractivity contribution in [3.8, 4) is 0 Å². The lowest BCUT2D eigenvalue weighted by Crippen LogP contribution is -2.33. The van der Waals surface area contributed by atoms with Gasteiger partial charge in [-0.2, -0.15) is 13.5 Å². The predicted molar refractivity (Wildman–Crippen MR) is 83.5 cm³/mol. The molecule has 2 aliphatic carbocycles. The van der Waals surface area contributed by atoms with Gasteiger partial charge in [0.15, 0.2) is 0 Å². The Kier molecular flexibility index (Phi) is 3.35. The summed E-state index contributed by atoms with van der Waals surface area (Å²) in [6.45, 7) is 6.29. The number of nitrogens with one attached hydrogen (secondary N) is 1. The molecule has 3 rings (SSSR count). The third kappa shape index (κ3) is 2.48. The summed E-state index contributed by atoms with van der Waals surface area (Å²) in [5.74, 6) is 1.09. The largest absolute Gasteiger partial charge is 0.276 e. The Morgan fingerprint density at radius 2 is 1.86 bits per heavy atom. The molecular weight excluding hydrogens is 284 g/mol. The van der Waals surface area contributed by atoms with E-state index in [9.17, 15) is 8.42 Å². The molecule has 2 aliphatic rings. The number of hydrogen-bond acceptors (Lipinski definition) is 3. The Hall–Kier alpha value is -1.36. The van der Waals surface area contributed by atoms with Crippen LogP contribution >= 0.6 is 0 Å². The molecule has 1 N–H and O–H groups in total. The molecule has 0 saturated heterocycles. The predicted octanol–water partition coefficient (Wildman–Crippen LogP) is 3.09. The summed E-state index contributed by atoms with van der Waals surface area (Å²) in [7, 11) is -3.57. The highest BCUT2D eigenvalue weighted by Crippen LogP contribution is 2.53. The number of aryl methyl sites for hydroxylation is 1. The van der Waals surface area contributed by atoms with Gasteiger partial charge < -0.3 is 0 Å². The van der Waals surface area contributed by atoms with Crippen LogP contribution in [0.1, 0.15) is 38.7 Å². The number of hydrogen-bond donors (Lipinski definition) is 1. The monoisotopic (exact) mass is 306 g/mol. The van der Waals surface area contributed by atoms with Gasteiger partial charge in [0.2, 0.25) is 0 Å². The summed E-state index contributed by atoms with van der Waals surface area (Å²) >= 11 is 0. The first kappa shape index (κ1) is 14.6. The van der Waals surface area contributed by atoms with E-state index >= 15 is 0 Å². The molecule has 2 bridgehead atoms. The summed E-state index contributed by atoms with van der Waals surface area (Å²) in [5.41, 5.74) is 2.07. The maximum atomic E-state index is 12.3. The van der Waals surface area contributed by atoms with Crippen LogP contribution < -0.4 is 4.83 Å². The number of benzene rings is 1. The van der Waals surface area contributed by atoms with Crippen molar-refractivity contribution in [2.75, 3.05) is 0 Å². The average Bonchev–Trinajstić information content (AvgIpc) is 2.96. The highest BCUT2D eigenvalue weighted by molar-refractivity contribution is 7.89. The van der Waals surface area contributed by atoms with Crippen LogP contribution in [0.4, 0.5) is 0 Å². The zero-order valence-corrected chi connectivity index (χ0v) is 13.6. The second kappa shape index (κ2) is 4.83. The van der Waals surface area contributed by atoms with Crippen LogP contribution in [0.25, 0.3) is 0 Å². The van der Waals surface area contributed by atoms with E-state index in [1.165, 1.54) is 6.42 Å². The molecule has 0 aromatic heterocycles. The van der Waals surface area contributed by atoms with Crippen molar-refractivity contribution in [1.82, 2.24) is 4.83 Å². The topological polar surface area (TPSA) is 58.5 Å². The molecule has 0 radical (unpaired) electrons. The SMILES string of the molecule is Cc1ccc(S(=O)(=O)NN=C2C3CCC(C3)C2(C)C)cc1. The van der Waals surface area contributed by atoms with Crippen molar-refractivity contribution < 1.29 is 8.42 Å². The molecule has 0 amide bonds. The minimum atomic E-state index is -3.57. The fourth-order valence-corrected chi connectivity index (χ4v) is 4.55. The highest BCUT2D eigenvalue weighted by Gasteiger charge is 2.50. The number of fused-ring (bicyclic) bond motifs is 2. The lowest BCUT2D eigenvalue weighted by Gasteiger charge is -2.31. The Bertz CT molecular complexity index is 675. The van der Waals surface area contributed by atoms with Crippen LogP contribution in [-0.4, -0.2) is 14.1 Å². The highest BCUT2D eigenvalue weighted by atomic mass is 32.2. The summed E-state index contributed by atoms with van der Waals surface area (Å²) in [5, 5.41) is 4.31. The van der Waals surface area contributed by atoms with E-state index in [-0.39, 0.29) is 10.3 Å². The normalized spacial score (nSPS) is 29.0. The quantitative estimate of drug-likeness (QED) is 0.872. The Morgan fingerprint density at radius 3 is 2.43 bits per heavy atom. The fraction of sp³-hybridized carbons (Fsp3) is 0.562. The summed E-state index contributed by atoms with van der Waals surface area (Å²) in [6.07, 6.45) is 3.53. The van der Waals surface area contributed by atoms with Crippen molar-refractivity contribution in [2.24, 2.45) is 22.4 Å². The second-order valence-corrected chi connectivity index (χ2v) is 8.49. The average molecular weight is 306 g/mol. The van der Waals surface area contributed by atoms with Gasteiger partial charge in [0.05, 0.1) is 4.90 Å². The van der Waals surface area contributed by atoms with Gasteiger partial charge in [-0.25, -0.2) is 4.83 Å². The molecule has 5 heteroatoms. The Morgan fingerprint density at radius 1 is 1.19 bits per heavy atom. The summed E-state index contributed by atoms with van der Waals surface area (Å²) in [4.78, 5) is 2.70. The molecule has 2 unspecified atom stereocenters. The van der Waals surface area contributed by atoms with E-state index in [1.807, 2.05) is 6.92 Å². The fourth-order valence-electron chi connectivity index (χ4n) is 3.74. The van der Waals surface area contributed by atoms with Gasteiger partial charge in [-0.1, -0.05) is 31.5 Å². The van der Waals surface area contributed by atoms with Gasteiger partial charge in [0.25, 0.3) is 10.0 Å². The lowest BCUT2D eigenvalue weighted by atomic mass is 9.75. The molecule has 114 valence electrons. The molecule has 0 aliphatic heterocycles. The maximum absolute atomic E-state index is 12.3. The molecule has 1 aromatic carbocycles. The van der Waals surface area contributed by atoms with Gasteiger partial charge in [0, 0.05) is 11.1 Å². The Balaban J connectivity index is 1.84. The van der Waals surface area contributed by atoms with Crippen LogP contribution in [0.5, 0.6) is 0 Å². The minimum Gasteiger partial charge on any atom is -0.200 e. The first-order valence-electron chi connectivity index (χ1n) is 7.47. The zero-order valence-electron chi connectivity index (χ0n) is 12.8. The number of sulfonamides is 1. The van der Waals surface area contributed by atoms with E-state index in [0.717, 1.165) is 24.1 Å². The van der Waals surface area contributed by atoms with E-state index in [1.54, 1.807) is 24.3 Å². The molecule has 2 atom stereocenters. The molecule has 2 fully saturated rings. The van der Waals surface area contributed by atoms with Crippen molar-refractivity contribution in [2.45, 2.75) is 44.9 Å². The van der Waals surface area contributed by atoms with Gasteiger partial charge in [0.1, 0.15) is 0 Å². The number of hydrazone groups is 1. The van der Waals surface area contributed by atoms with Gasteiger partial charge >= 0.3 is 0 Å². The second-order valence-electron chi connectivity index (χ2n) is 6.83. The first-order chi connectivity index (χ1) is 9.80. The molecule has 0 heterocycles. The maximum Gasteiger partial charge on any atom is 0.276 e. The standard InChI is InChI=1S/C16H22N2O2S/c1-11-4-8-14(9-5-11)21(19,20)18-17-15-12-6-7-13(10-12)16(15,2)3/h4-5,8-9,12-13,18H,6-7,10H2,1-3H3. The van der Waals surface area contributed by atoms with E-state index in [4.69, 9.17) is 0 Å². The summed E-state index contributed by atoms with van der Waals surface area (Å²) in [6, 6.07) is 6.82. The number of rotatable bonds is 3. The van der Waals surface area contributed by atoms with Gasteiger partial charge in [-0.15, -0.1) is 0 Å². The van der Waals surface area contributed by atoms with Crippen LogP contribution in [0.15, 0.2) is 34.3 Å². The molecular formula is C16H22N2O2S. The molecule has 2 saturated carbocycles. The van der Waals surface area contributed by atoms with E-state index < -0.39 is 10.0 Å².